The van der Waals surface area contributed by atoms with Crippen LogP contribution in [0.25, 0.3) is 11.0 Å². The summed E-state index contributed by atoms with van der Waals surface area (Å²) >= 11 is 12.0. The quantitative estimate of drug-likeness (QED) is 0.734. The average Bonchev–Trinajstić information content (AvgIpc) is 2.83. The van der Waals surface area contributed by atoms with Crippen molar-refractivity contribution in [1.82, 2.24) is 0 Å². The second kappa shape index (κ2) is 4.89. The summed E-state index contributed by atoms with van der Waals surface area (Å²) in [7, 11) is 0. The van der Waals surface area contributed by atoms with E-state index in [0.29, 0.717) is 27.0 Å². The highest BCUT2D eigenvalue weighted by Crippen LogP contribution is 2.32. The molecule has 1 atom stereocenters. The van der Waals surface area contributed by atoms with E-state index in [1.807, 2.05) is 12.1 Å². The number of benzene rings is 2. The van der Waals surface area contributed by atoms with Gasteiger partial charge >= 0.3 is 0 Å². The lowest BCUT2D eigenvalue weighted by Gasteiger charge is -2.07. The fraction of sp³-hybridized carbons (Fsp3) is 0.0667. The molecule has 19 heavy (non-hydrogen) atoms. The van der Waals surface area contributed by atoms with Crippen LogP contribution in [0.3, 0.4) is 0 Å². The third-order valence-corrected chi connectivity index (χ3v) is 3.48. The highest BCUT2D eigenvalue weighted by atomic mass is 35.5. The Morgan fingerprint density at radius 1 is 1.00 bits per heavy atom. The van der Waals surface area contributed by atoms with E-state index in [9.17, 15) is 5.11 Å². The van der Waals surface area contributed by atoms with Crippen molar-refractivity contribution in [3.05, 3.63) is 69.9 Å². The molecule has 0 radical (unpaired) electrons. The van der Waals surface area contributed by atoms with Crippen molar-refractivity contribution in [1.29, 1.82) is 0 Å². The van der Waals surface area contributed by atoms with E-state index in [1.165, 1.54) is 0 Å². The molecule has 2 nitrogen and oxygen atoms in total. The number of fused-ring (bicyclic) bond motifs is 1. The molecule has 0 saturated heterocycles. The predicted molar refractivity (Wildman–Crippen MR) is 76.7 cm³/mol. The van der Waals surface area contributed by atoms with Gasteiger partial charge in [-0.05, 0) is 29.8 Å². The molecule has 3 rings (SSSR count). The normalized spacial score (nSPS) is 12.8. The minimum absolute atomic E-state index is 0.449. The molecule has 1 N–H and O–H groups in total. The summed E-state index contributed by atoms with van der Waals surface area (Å²) in [6.45, 7) is 0. The highest BCUT2D eigenvalue weighted by molar-refractivity contribution is 6.34. The Labute approximate surface area is 120 Å². The number of halogens is 2. The van der Waals surface area contributed by atoms with Crippen LogP contribution in [0.15, 0.2) is 52.9 Å². The lowest BCUT2D eigenvalue weighted by atomic mass is 10.1. The fourth-order valence-electron chi connectivity index (χ4n) is 2.02. The van der Waals surface area contributed by atoms with Gasteiger partial charge in [-0.15, -0.1) is 0 Å². The Hall–Kier alpha value is -1.48. The van der Waals surface area contributed by atoms with E-state index in [-0.39, 0.29) is 0 Å². The number of aliphatic hydroxyl groups excluding tert-OH is 1. The molecule has 0 aliphatic carbocycles. The van der Waals surface area contributed by atoms with Crippen LogP contribution in [0.1, 0.15) is 17.4 Å². The van der Waals surface area contributed by atoms with Crippen molar-refractivity contribution in [2.45, 2.75) is 6.10 Å². The summed E-state index contributed by atoms with van der Waals surface area (Å²) in [5, 5.41) is 12.3. The number of para-hydroxylation sites is 1. The van der Waals surface area contributed by atoms with Crippen LogP contribution >= 0.6 is 23.2 Å². The van der Waals surface area contributed by atoms with Crippen LogP contribution < -0.4 is 0 Å². The van der Waals surface area contributed by atoms with Gasteiger partial charge in [-0.3, -0.25) is 0 Å². The largest absolute Gasteiger partial charge is 0.456 e. The molecule has 1 heterocycles. The van der Waals surface area contributed by atoms with Crippen molar-refractivity contribution < 1.29 is 9.52 Å². The summed E-state index contributed by atoms with van der Waals surface area (Å²) in [5.41, 5.74) is 1.27. The van der Waals surface area contributed by atoms with Crippen molar-refractivity contribution in [2.75, 3.05) is 0 Å². The molecule has 0 bridgehead atoms. The second-order valence-electron chi connectivity index (χ2n) is 4.26. The third kappa shape index (κ3) is 2.35. The Bertz CT molecular complexity index is 734. The molecule has 0 spiro atoms. The van der Waals surface area contributed by atoms with Gasteiger partial charge in [0.25, 0.3) is 0 Å². The Balaban J connectivity index is 2.06. The summed E-state index contributed by atoms with van der Waals surface area (Å²) in [5.74, 6) is 0.449. The molecule has 1 unspecified atom stereocenters. The van der Waals surface area contributed by atoms with Gasteiger partial charge in [0.1, 0.15) is 11.9 Å². The highest BCUT2D eigenvalue weighted by Gasteiger charge is 2.16. The van der Waals surface area contributed by atoms with Gasteiger partial charge in [0.15, 0.2) is 5.58 Å². The van der Waals surface area contributed by atoms with Crippen molar-refractivity contribution in [3.63, 3.8) is 0 Å². The Morgan fingerprint density at radius 3 is 2.53 bits per heavy atom. The van der Waals surface area contributed by atoms with Crippen LogP contribution in [0.5, 0.6) is 0 Å². The number of furan rings is 1. The third-order valence-electron chi connectivity index (χ3n) is 2.95. The van der Waals surface area contributed by atoms with Gasteiger partial charge in [-0.2, -0.15) is 0 Å². The number of hydrogen-bond acceptors (Lipinski definition) is 2. The first kappa shape index (κ1) is 12.5. The van der Waals surface area contributed by atoms with Gasteiger partial charge in [-0.25, -0.2) is 0 Å². The topological polar surface area (TPSA) is 33.4 Å². The molecule has 0 aliphatic heterocycles. The summed E-state index contributed by atoms with van der Waals surface area (Å²) in [6.07, 6.45) is -0.859. The van der Waals surface area contributed by atoms with Crippen molar-refractivity contribution in [2.24, 2.45) is 0 Å². The van der Waals surface area contributed by atoms with E-state index in [4.69, 9.17) is 27.6 Å². The van der Waals surface area contributed by atoms with Crippen LogP contribution in [0.2, 0.25) is 10.0 Å². The molecule has 4 heteroatoms. The zero-order valence-corrected chi connectivity index (χ0v) is 11.3. The maximum absolute atomic E-state index is 10.3. The van der Waals surface area contributed by atoms with Gasteiger partial charge in [-0.1, -0.05) is 47.5 Å². The number of rotatable bonds is 2. The number of aliphatic hydroxyl groups is 1. The van der Waals surface area contributed by atoms with E-state index in [1.54, 1.807) is 36.4 Å². The monoisotopic (exact) mass is 292 g/mol. The number of hydrogen-bond donors (Lipinski definition) is 1. The van der Waals surface area contributed by atoms with Crippen molar-refractivity contribution >= 4 is 34.2 Å². The smallest absolute Gasteiger partial charge is 0.153 e. The first-order valence-corrected chi connectivity index (χ1v) is 6.52. The summed E-state index contributed by atoms with van der Waals surface area (Å²) < 4.78 is 5.63. The van der Waals surface area contributed by atoms with E-state index in [0.717, 1.165) is 5.39 Å². The molecule has 3 aromatic rings. The molecule has 0 aliphatic rings. The van der Waals surface area contributed by atoms with Gasteiger partial charge < -0.3 is 9.52 Å². The maximum Gasteiger partial charge on any atom is 0.153 e. The second-order valence-corrected chi connectivity index (χ2v) is 5.11. The lowest BCUT2D eigenvalue weighted by molar-refractivity contribution is 0.192. The summed E-state index contributed by atoms with van der Waals surface area (Å²) in [6, 6.07) is 14.3. The Morgan fingerprint density at radius 2 is 1.79 bits per heavy atom. The van der Waals surface area contributed by atoms with E-state index in [2.05, 4.69) is 0 Å². The standard InChI is InChI=1S/C15H10Cl2O2/c16-11-5-1-3-9(7-11)14(18)13-8-10-4-2-6-12(17)15(10)19-13/h1-8,14,18H. The molecular formula is C15H10Cl2O2. The fourth-order valence-corrected chi connectivity index (χ4v) is 2.44. The van der Waals surface area contributed by atoms with Gasteiger partial charge in [0, 0.05) is 10.4 Å². The predicted octanol–water partition coefficient (Wildman–Crippen LogP) is 4.82. The first-order chi connectivity index (χ1) is 9.15. The SMILES string of the molecule is OC(c1cccc(Cl)c1)c1cc2cccc(Cl)c2o1. The molecule has 0 fully saturated rings. The van der Waals surface area contributed by atoms with E-state index >= 15 is 0 Å². The van der Waals surface area contributed by atoms with Gasteiger partial charge in [0.2, 0.25) is 0 Å². The molecule has 0 saturated carbocycles. The molecule has 1 aromatic heterocycles. The zero-order chi connectivity index (χ0) is 13.4. The van der Waals surface area contributed by atoms with Crippen LogP contribution in [-0.2, 0) is 0 Å². The summed E-state index contributed by atoms with van der Waals surface area (Å²) in [4.78, 5) is 0. The molecule has 0 amide bonds. The first-order valence-electron chi connectivity index (χ1n) is 5.76. The van der Waals surface area contributed by atoms with Crippen LogP contribution in [0.4, 0.5) is 0 Å². The minimum Gasteiger partial charge on any atom is -0.456 e. The maximum atomic E-state index is 10.3. The van der Waals surface area contributed by atoms with E-state index < -0.39 is 6.10 Å². The van der Waals surface area contributed by atoms with Crippen molar-refractivity contribution in [3.8, 4) is 0 Å². The Kier molecular flexibility index (Phi) is 3.23. The average molecular weight is 293 g/mol. The lowest BCUT2D eigenvalue weighted by Crippen LogP contribution is -1.97. The molecule has 96 valence electrons. The van der Waals surface area contributed by atoms with Crippen LogP contribution in [-0.4, -0.2) is 5.11 Å². The molecular weight excluding hydrogens is 283 g/mol. The molecule has 2 aromatic carbocycles. The minimum atomic E-state index is -0.859. The van der Waals surface area contributed by atoms with Crippen LogP contribution in [0, 0.1) is 0 Å². The van der Waals surface area contributed by atoms with Gasteiger partial charge in [0.05, 0.1) is 5.02 Å². The zero-order valence-electron chi connectivity index (χ0n) is 9.81.